The van der Waals surface area contributed by atoms with Gasteiger partial charge in [0.25, 0.3) is 5.91 Å². The molecule has 0 aliphatic carbocycles. The van der Waals surface area contributed by atoms with Crippen LogP contribution in [0.1, 0.15) is 23.2 Å². The van der Waals surface area contributed by atoms with E-state index in [2.05, 4.69) is 9.71 Å². The van der Waals surface area contributed by atoms with E-state index in [4.69, 9.17) is 0 Å². The quantitative estimate of drug-likeness (QED) is 0.877. The first-order chi connectivity index (χ1) is 9.46. The molecule has 1 aromatic rings. The first kappa shape index (κ1) is 14.9. The standard InChI is InChI=1S/C13H19N3O3S/c1-20(18,19)15-8-11-4-3-7-16(10-11)13(17)12-5-2-6-14-9-12/h2,5-6,9,11,15H,3-4,7-8,10H2,1H3. The fraction of sp³-hybridized carbons (Fsp3) is 0.538. The van der Waals surface area contributed by atoms with Crippen molar-refractivity contribution in [2.75, 3.05) is 25.9 Å². The number of piperidine rings is 1. The van der Waals surface area contributed by atoms with E-state index in [-0.39, 0.29) is 11.8 Å². The fourth-order valence-corrected chi connectivity index (χ4v) is 2.90. The number of rotatable bonds is 4. The molecule has 2 heterocycles. The van der Waals surface area contributed by atoms with E-state index < -0.39 is 10.0 Å². The molecule has 1 N–H and O–H groups in total. The lowest BCUT2D eigenvalue weighted by Gasteiger charge is -2.32. The summed E-state index contributed by atoms with van der Waals surface area (Å²) in [7, 11) is -3.18. The Bertz CT molecular complexity index is 559. The number of carbonyl (C=O) groups excluding carboxylic acids is 1. The maximum Gasteiger partial charge on any atom is 0.255 e. The molecule has 0 spiro atoms. The summed E-state index contributed by atoms with van der Waals surface area (Å²) < 4.78 is 24.7. The molecule has 20 heavy (non-hydrogen) atoms. The van der Waals surface area contributed by atoms with Crippen LogP contribution in [0.25, 0.3) is 0 Å². The van der Waals surface area contributed by atoms with Gasteiger partial charge in [0.05, 0.1) is 11.8 Å². The molecule has 1 unspecified atom stereocenters. The van der Waals surface area contributed by atoms with Crippen molar-refractivity contribution in [3.05, 3.63) is 30.1 Å². The van der Waals surface area contributed by atoms with Crippen molar-refractivity contribution in [1.29, 1.82) is 0 Å². The summed E-state index contributed by atoms with van der Waals surface area (Å²) >= 11 is 0. The molecule has 110 valence electrons. The number of hydrogen-bond acceptors (Lipinski definition) is 4. The van der Waals surface area contributed by atoms with E-state index in [0.717, 1.165) is 19.1 Å². The second-order valence-electron chi connectivity index (χ2n) is 5.12. The van der Waals surface area contributed by atoms with Crippen LogP contribution in [0, 0.1) is 5.92 Å². The van der Waals surface area contributed by atoms with Gasteiger partial charge in [0.1, 0.15) is 0 Å². The summed E-state index contributed by atoms with van der Waals surface area (Å²) in [6, 6.07) is 3.48. The minimum Gasteiger partial charge on any atom is -0.338 e. The smallest absolute Gasteiger partial charge is 0.255 e. The van der Waals surface area contributed by atoms with Crippen LogP contribution in [0.2, 0.25) is 0 Å². The number of nitrogens with zero attached hydrogens (tertiary/aromatic N) is 2. The summed E-state index contributed by atoms with van der Waals surface area (Å²) in [6.07, 6.45) is 6.16. The summed E-state index contributed by atoms with van der Waals surface area (Å²) in [4.78, 5) is 18.0. The van der Waals surface area contributed by atoms with Crippen LogP contribution in [-0.4, -0.2) is 50.1 Å². The highest BCUT2D eigenvalue weighted by atomic mass is 32.2. The van der Waals surface area contributed by atoms with Crippen molar-refractivity contribution in [3.8, 4) is 0 Å². The molecule has 6 nitrogen and oxygen atoms in total. The number of pyridine rings is 1. The largest absolute Gasteiger partial charge is 0.338 e. The summed E-state index contributed by atoms with van der Waals surface area (Å²) in [5, 5.41) is 0. The highest BCUT2D eigenvalue weighted by Crippen LogP contribution is 2.18. The summed E-state index contributed by atoms with van der Waals surface area (Å²) in [5.41, 5.74) is 0.573. The topological polar surface area (TPSA) is 79.4 Å². The van der Waals surface area contributed by atoms with E-state index in [9.17, 15) is 13.2 Å². The van der Waals surface area contributed by atoms with Gasteiger partial charge in [0.15, 0.2) is 0 Å². The molecule has 1 amide bonds. The van der Waals surface area contributed by atoms with Gasteiger partial charge in [0, 0.05) is 32.0 Å². The molecular weight excluding hydrogens is 278 g/mol. The third-order valence-electron chi connectivity index (χ3n) is 3.35. The monoisotopic (exact) mass is 297 g/mol. The zero-order valence-corrected chi connectivity index (χ0v) is 12.3. The Morgan fingerprint density at radius 3 is 3.00 bits per heavy atom. The predicted octanol–water partition coefficient (Wildman–Crippen LogP) is 0.483. The predicted molar refractivity (Wildman–Crippen MR) is 75.7 cm³/mol. The van der Waals surface area contributed by atoms with E-state index >= 15 is 0 Å². The Balaban J connectivity index is 1.95. The number of likely N-dealkylation sites (tertiary alicyclic amines) is 1. The Labute approximate surface area is 119 Å². The number of aromatic nitrogens is 1. The maximum absolute atomic E-state index is 12.3. The average molecular weight is 297 g/mol. The van der Waals surface area contributed by atoms with Gasteiger partial charge in [-0.1, -0.05) is 0 Å². The lowest BCUT2D eigenvalue weighted by atomic mass is 9.98. The van der Waals surface area contributed by atoms with E-state index in [1.54, 1.807) is 29.4 Å². The zero-order valence-electron chi connectivity index (χ0n) is 11.4. The maximum atomic E-state index is 12.3. The van der Waals surface area contributed by atoms with Gasteiger partial charge >= 0.3 is 0 Å². The van der Waals surface area contributed by atoms with Crippen LogP contribution in [0.5, 0.6) is 0 Å². The van der Waals surface area contributed by atoms with Crippen molar-refractivity contribution in [2.24, 2.45) is 5.92 Å². The second kappa shape index (κ2) is 6.32. The average Bonchev–Trinajstić information content (AvgIpc) is 2.45. The molecule has 0 bridgehead atoms. The SMILES string of the molecule is CS(=O)(=O)NCC1CCCN(C(=O)c2cccnc2)C1. The van der Waals surface area contributed by atoms with Crippen LogP contribution < -0.4 is 4.72 Å². The van der Waals surface area contributed by atoms with Crippen LogP contribution in [0.15, 0.2) is 24.5 Å². The molecule has 1 aliphatic rings. The summed E-state index contributed by atoms with van der Waals surface area (Å²) in [6.45, 7) is 1.68. The van der Waals surface area contributed by atoms with Crippen LogP contribution >= 0.6 is 0 Å². The second-order valence-corrected chi connectivity index (χ2v) is 6.95. The molecule has 1 aliphatic heterocycles. The lowest BCUT2D eigenvalue weighted by molar-refractivity contribution is 0.0676. The number of amides is 1. The van der Waals surface area contributed by atoms with Gasteiger partial charge < -0.3 is 4.90 Å². The highest BCUT2D eigenvalue weighted by molar-refractivity contribution is 7.88. The van der Waals surface area contributed by atoms with E-state index in [1.807, 2.05) is 0 Å². The molecule has 0 aromatic carbocycles. The third kappa shape index (κ3) is 4.28. The van der Waals surface area contributed by atoms with Crippen LogP contribution in [-0.2, 0) is 10.0 Å². The van der Waals surface area contributed by atoms with E-state index in [1.165, 1.54) is 0 Å². The first-order valence-corrected chi connectivity index (χ1v) is 8.49. The Morgan fingerprint density at radius 2 is 2.35 bits per heavy atom. The Morgan fingerprint density at radius 1 is 1.55 bits per heavy atom. The van der Waals surface area contributed by atoms with Gasteiger partial charge in [-0.05, 0) is 30.9 Å². The van der Waals surface area contributed by atoms with Crippen molar-refractivity contribution in [2.45, 2.75) is 12.8 Å². The first-order valence-electron chi connectivity index (χ1n) is 6.59. The lowest BCUT2D eigenvalue weighted by Crippen LogP contribution is -2.43. The molecule has 1 atom stereocenters. The number of carbonyl (C=O) groups is 1. The molecule has 0 saturated carbocycles. The molecule has 0 radical (unpaired) electrons. The van der Waals surface area contributed by atoms with Crippen LogP contribution in [0.4, 0.5) is 0 Å². The molecular formula is C13H19N3O3S. The number of sulfonamides is 1. The van der Waals surface area contributed by atoms with Crippen LogP contribution in [0.3, 0.4) is 0 Å². The highest BCUT2D eigenvalue weighted by Gasteiger charge is 2.25. The minimum absolute atomic E-state index is 0.0397. The molecule has 1 aromatic heterocycles. The summed E-state index contributed by atoms with van der Waals surface area (Å²) in [5.74, 6) is 0.126. The van der Waals surface area contributed by atoms with Crippen molar-refractivity contribution in [1.82, 2.24) is 14.6 Å². The van der Waals surface area contributed by atoms with Gasteiger partial charge in [0.2, 0.25) is 10.0 Å². The molecule has 1 saturated heterocycles. The number of hydrogen-bond donors (Lipinski definition) is 1. The number of nitrogens with one attached hydrogen (secondary N) is 1. The molecule has 1 fully saturated rings. The molecule has 7 heteroatoms. The minimum atomic E-state index is -3.18. The third-order valence-corrected chi connectivity index (χ3v) is 4.04. The van der Waals surface area contributed by atoms with Crippen molar-refractivity contribution >= 4 is 15.9 Å². The Hall–Kier alpha value is -1.47. The molecule has 2 rings (SSSR count). The zero-order chi connectivity index (χ0) is 14.6. The van der Waals surface area contributed by atoms with Gasteiger partial charge in [-0.15, -0.1) is 0 Å². The Kier molecular flexibility index (Phi) is 4.72. The van der Waals surface area contributed by atoms with Gasteiger partial charge in [-0.2, -0.15) is 0 Å². The van der Waals surface area contributed by atoms with E-state index in [0.29, 0.717) is 25.2 Å². The van der Waals surface area contributed by atoms with Gasteiger partial charge in [-0.3, -0.25) is 9.78 Å². The van der Waals surface area contributed by atoms with Gasteiger partial charge in [-0.25, -0.2) is 13.1 Å². The van der Waals surface area contributed by atoms with Crippen molar-refractivity contribution in [3.63, 3.8) is 0 Å². The normalized spacial score (nSPS) is 19.9. The van der Waals surface area contributed by atoms with Crippen molar-refractivity contribution < 1.29 is 13.2 Å². The fourth-order valence-electron chi connectivity index (χ4n) is 2.36.